The van der Waals surface area contributed by atoms with Crippen molar-refractivity contribution < 1.29 is 22.8 Å². The zero-order valence-corrected chi connectivity index (χ0v) is 13.8. The van der Waals surface area contributed by atoms with E-state index >= 15 is 0 Å². The summed E-state index contributed by atoms with van der Waals surface area (Å²) in [4.78, 5) is 23.7. The van der Waals surface area contributed by atoms with Crippen LogP contribution in [0.1, 0.15) is 22.8 Å². The molecule has 0 aliphatic rings. The Morgan fingerprint density at radius 3 is 2.15 bits per heavy atom. The molecular weight excluding hydrogens is 347 g/mol. The molecule has 8 heteroatoms. The van der Waals surface area contributed by atoms with E-state index in [1.165, 1.54) is 25.1 Å². The van der Waals surface area contributed by atoms with Crippen LogP contribution in [0.25, 0.3) is 0 Å². The number of carbonyl (C=O) groups excluding carboxylic acids is 2. The molecule has 26 heavy (non-hydrogen) atoms. The Bertz CT molecular complexity index is 830. The van der Waals surface area contributed by atoms with E-state index in [0.717, 1.165) is 12.1 Å². The molecule has 0 atom stereocenters. The Hall–Kier alpha value is -3.29. The van der Waals surface area contributed by atoms with E-state index in [1.54, 1.807) is 18.2 Å². The number of halogens is 3. The first-order valence-electron chi connectivity index (χ1n) is 7.48. The lowest BCUT2D eigenvalue weighted by Gasteiger charge is -2.13. The quantitative estimate of drug-likeness (QED) is 0.572. The van der Waals surface area contributed by atoms with Crippen LogP contribution >= 0.6 is 0 Å². The van der Waals surface area contributed by atoms with Gasteiger partial charge < -0.3 is 5.32 Å². The molecule has 3 N–H and O–H groups in total. The lowest BCUT2D eigenvalue weighted by Crippen LogP contribution is -2.42. The van der Waals surface area contributed by atoms with Gasteiger partial charge in [0.25, 0.3) is 11.8 Å². The minimum absolute atomic E-state index is 0.203. The minimum Gasteiger partial charge on any atom is -0.355 e. The second-order valence-corrected chi connectivity index (χ2v) is 5.43. The molecule has 2 aromatic rings. The molecule has 2 amide bonds. The van der Waals surface area contributed by atoms with E-state index < -0.39 is 23.6 Å². The van der Waals surface area contributed by atoms with Crippen molar-refractivity contribution in [1.82, 2.24) is 10.9 Å². The summed E-state index contributed by atoms with van der Waals surface area (Å²) < 4.78 is 37.8. The summed E-state index contributed by atoms with van der Waals surface area (Å²) in [6, 6.07) is 10.8. The third kappa shape index (κ3) is 4.85. The zero-order valence-electron chi connectivity index (χ0n) is 13.8. The first-order chi connectivity index (χ1) is 12.2. The minimum atomic E-state index is -4.42. The van der Waals surface area contributed by atoms with Crippen LogP contribution in [-0.4, -0.2) is 11.8 Å². The number of rotatable bonds is 4. The van der Waals surface area contributed by atoms with Gasteiger partial charge in [0, 0.05) is 11.3 Å². The second-order valence-electron chi connectivity index (χ2n) is 5.43. The van der Waals surface area contributed by atoms with Gasteiger partial charge in [-0.05, 0) is 43.3 Å². The summed E-state index contributed by atoms with van der Waals surface area (Å²) in [7, 11) is 0. The normalized spacial score (nSPS) is 10.8. The molecule has 0 radical (unpaired) electrons. The van der Waals surface area contributed by atoms with Crippen molar-refractivity contribution in [3.63, 3.8) is 0 Å². The highest BCUT2D eigenvalue weighted by Crippen LogP contribution is 2.30. The van der Waals surface area contributed by atoms with E-state index in [9.17, 15) is 22.8 Å². The number of alkyl halides is 3. The molecule has 0 saturated carbocycles. The van der Waals surface area contributed by atoms with E-state index in [1.807, 2.05) is 0 Å². The summed E-state index contributed by atoms with van der Waals surface area (Å²) >= 11 is 0. The molecular formula is C18H16F3N3O2. The number of hydrogen-bond acceptors (Lipinski definition) is 3. The standard InChI is InChI=1S/C18H16F3N3O2/c1-11(2)16(25)23-24-17(26)14-5-3-4-6-15(14)22-13-9-7-12(8-10-13)18(19,20)21/h3-10,22H,1H2,2H3,(H,23,25)(H,24,26). The number of hydrazine groups is 1. The van der Waals surface area contributed by atoms with Crippen LogP contribution in [0.15, 0.2) is 60.7 Å². The van der Waals surface area contributed by atoms with Crippen molar-refractivity contribution in [3.05, 3.63) is 71.8 Å². The zero-order chi connectivity index (χ0) is 19.3. The van der Waals surface area contributed by atoms with Gasteiger partial charge >= 0.3 is 6.18 Å². The van der Waals surface area contributed by atoms with Gasteiger partial charge in [0.1, 0.15) is 0 Å². The smallest absolute Gasteiger partial charge is 0.355 e. The summed E-state index contributed by atoms with van der Waals surface area (Å²) in [6.45, 7) is 4.94. The molecule has 0 aliphatic heterocycles. The van der Waals surface area contributed by atoms with Gasteiger partial charge in [-0.2, -0.15) is 13.2 Å². The third-order valence-electron chi connectivity index (χ3n) is 3.34. The van der Waals surface area contributed by atoms with Crippen LogP contribution < -0.4 is 16.2 Å². The maximum Gasteiger partial charge on any atom is 0.416 e. The molecule has 0 spiro atoms. The van der Waals surface area contributed by atoms with Gasteiger partial charge in [0.15, 0.2) is 0 Å². The van der Waals surface area contributed by atoms with Gasteiger partial charge in [-0.3, -0.25) is 20.4 Å². The molecule has 0 bridgehead atoms. The van der Waals surface area contributed by atoms with Crippen molar-refractivity contribution in [3.8, 4) is 0 Å². The maximum atomic E-state index is 12.6. The Morgan fingerprint density at radius 2 is 1.58 bits per heavy atom. The van der Waals surface area contributed by atoms with Crippen molar-refractivity contribution in [2.24, 2.45) is 0 Å². The first-order valence-corrected chi connectivity index (χ1v) is 7.48. The van der Waals surface area contributed by atoms with Crippen LogP contribution in [0.2, 0.25) is 0 Å². The maximum absolute atomic E-state index is 12.6. The fourth-order valence-electron chi connectivity index (χ4n) is 1.98. The van der Waals surface area contributed by atoms with E-state index in [0.29, 0.717) is 11.4 Å². The first kappa shape index (κ1) is 19.0. The fraction of sp³-hybridized carbons (Fsp3) is 0.111. The molecule has 0 aliphatic carbocycles. The van der Waals surface area contributed by atoms with Gasteiger partial charge in [-0.25, -0.2) is 0 Å². The van der Waals surface area contributed by atoms with E-state index in [-0.39, 0.29) is 11.1 Å². The van der Waals surface area contributed by atoms with E-state index in [4.69, 9.17) is 0 Å². The van der Waals surface area contributed by atoms with Gasteiger partial charge in [0.05, 0.1) is 16.8 Å². The summed E-state index contributed by atoms with van der Waals surface area (Å²) in [5.41, 5.74) is 4.86. The average Bonchev–Trinajstić information content (AvgIpc) is 2.59. The fourth-order valence-corrected chi connectivity index (χ4v) is 1.98. The van der Waals surface area contributed by atoms with Crippen molar-refractivity contribution in [2.45, 2.75) is 13.1 Å². The number of benzene rings is 2. The monoisotopic (exact) mass is 363 g/mol. The third-order valence-corrected chi connectivity index (χ3v) is 3.34. The largest absolute Gasteiger partial charge is 0.416 e. The predicted octanol–water partition coefficient (Wildman–Crippen LogP) is 3.79. The molecule has 2 rings (SSSR count). The summed E-state index contributed by atoms with van der Waals surface area (Å²) in [5.74, 6) is -1.12. The lowest BCUT2D eigenvalue weighted by atomic mass is 10.1. The van der Waals surface area contributed by atoms with Crippen molar-refractivity contribution >= 4 is 23.2 Å². The number of nitrogens with one attached hydrogen (secondary N) is 3. The molecule has 0 saturated heterocycles. The van der Waals surface area contributed by atoms with Crippen LogP contribution in [0, 0.1) is 0 Å². The lowest BCUT2D eigenvalue weighted by molar-refractivity contribution is -0.137. The summed E-state index contributed by atoms with van der Waals surface area (Å²) in [6.07, 6.45) is -4.42. The topological polar surface area (TPSA) is 70.2 Å². The average molecular weight is 363 g/mol. The van der Waals surface area contributed by atoms with Gasteiger partial charge in [-0.15, -0.1) is 0 Å². The predicted molar refractivity (Wildman–Crippen MR) is 91.6 cm³/mol. The SMILES string of the molecule is C=C(C)C(=O)NNC(=O)c1ccccc1Nc1ccc(C(F)(F)F)cc1. The van der Waals surface area contributed by atoms with E-state index in [2.05, 4.69) is 22.7 Å². The van der Waals surface area contributed by atoms with Gasteiger partial charge in [-0.1, -0.05) is 18.7 Å². The molecule has 0 aromatic heterocycles. The molecule has 136 valence electrons. The highest BCUT2D eigenvalue weighted by molar-refractivity contribution is 6.02. The van der Waals surface area contributed by atoms with Gasteiger partial charge in [0.2, 0.25) is 0 Å². The number of carbonyl (C=O) groups is 2. The molecule has 0 unspecified atom stereocenters. The van der Waals surface area contributed by atoms with Crippen LogP contribution in [0.5, 0.6) is 0 Å². The molecule has 2 aromatic carbocycles. The van der Waals surface area contributed by atoms with Crippen LogP contribution in [0.4, 0.5) is 24.5 Å². The number of para-hydroxylation sites is 1. The number of anilines is 2. The Balaban J connectivity index is 2.15. The number of amides is 2. The van der Waals surface area contributed by atoms with Crippen molar-refractivity contribution in [2.75, 3.05) is 5.32 Å². The molecule has 0 fully saturated rings. The Morgan fingerprint density at radius 1 is 0.962 bits per heavy atom. The highest BCUT2D eigenvalue weighted by atomic mass is 19.4. The Kier molecular flexibility index (Phi) is 5.66. The molecule has 0 heterocycles. The number of hydrogen-bond donors (Lipinski definition) is 3. The highest BCUT2D eigenvalue weighted by Gasteiger charge is 2.29. The van der Waals surface area contributed by atoms with Crippen LogP contribution in [0.3, 0.4) is 0 Å². The van der Waals surface area contributed by atoms with Crippen molar-refractivity contribution in [1.29, 1.82) is 0 Å². The molecule has 5 nitrogen and oxygen atoms in total. The second kappa shape index (κ2) is 7.73. The summed E-state index contributed by atoms with van der Waals surface area (Å²) in [5, 5.41) is 2.88. The Labute approximate surface area is 147 Å². The van der Waals surface area contributed by atoms with Crippen LogP contribution in [-0.2, 0) is 11.0 Å².